The summed E-state index contributed by atoms with van der Waals surface area (Å²) >= 11 is 0. The van der Waals surface area contributed by atoms with Crippen molar-refractivity contribution in [2.24, 2.45) is 7.05 Å². The van der Waals surface area contributed by atoms with Crippen LogP contribution in [-0.2, 0) is 18.4 Å². The van der Waals surface area contributed by atoms with Gasteiger partial charge in [0.05, 0.1) is 11.7 Å². The highest BCUT2D eigenvalue weighted by atomic mass is 16.2. The average Bonchev–Trinajstić information content (AvgIpc) is 2.62. The Morgan fingerprint density at radius 3 is 2.83 bits per heavy atom. The van der Waals surface area contributed by atoms with Gasteiger partial charge in [-0.3, -0.25) is 9.48 Å². The summed E-state index contributed by atoms with van der Waals surface area (Å²) in [4.78, 5) is 12.0. The Hall–Kier alpha value is -1.36. The average molecular weight is 250 g/mol. The molecule has 0 aliphatic carbocycles. The van der Waals surface area contributed by atoms with Crippen LogP contribution in [0.4, 0.5) is 0 Å². The molecular formula is C13H22N4O. The molecule has 0 aromatic carbocycles. The molecule has 18 heavy (non-hydrogen) atoms. The molecule has 2 N–H and O–H groups in total. The minimum Gasteiger partial charge on any atom is -0.351 e. The summed E-state index contributed by atoms with van der Waals surface area (Å²) in [5, 5.41) is 10.6. The van der Waals surface area contributed by atoms with Gasteiger partial charge in [0.1, 0.15) is 0 Å². The van der Waals surface area contributed by atoms with Crippen LogP contribution in [0.2, 0.25) is 0 Å². The van der Waals surface area contributed by atoms with E-state index < -0.39 is 0 Å². The van der Waals surface area contributed by atoms with Crippen LogP contribution < -0.4 is 10.6 Å². The summed E-state index contributed by atoms with van der Waals surface area (Å²) in [6, 6.07) is -0.0176. The topological polar surface area (TPSA) is 59.0 Å². The van der Waals surface area contributed by atoms with E-state index in [4.69, 9.17) is 0 Å². The van der Waals surface area contributed by atoms with Crippen molar-refractivity contribution in [1.29, 1.82) is 0 Å². The number of aryl methyl sites for hydroxylation is 2. The van der Waals surface area contributed by atoms with E-state index in [9.17, 15) is 4.79 Å². The molecule has 0 spiro atoms. The van der Waals surface area contributed by atoms with Crippen molar-refractivity contribution in [2.75, 3.05) is 6.54 Å². The molecule has 1 fully saturated rings. The molecule has 100 valence electrons. The Labute approximate surface area is 108 Å². The fraction of sp³-hybridized carbons (Fsp3) is 0.692. The molecule has 5 heteroatoms. The number of nitrogens with zero attached hydrogens (tertiary/aromatic N) is 2. The largest absolute Gasteiger partial charge is 0.351 e. The van der Waals surface area contributed by atoms with Crippen molar-refractivity contribution in [2.45, 2.75) is 45.7 Å². The molecule has 0 bridgehead atoms. The van der Waals surface area contributed by atoms with Gasteiger partial charge in [-0.2, -0.15) is 5.10 Å². The maximum Gasteiger partial charge on any atom is 0.237 e. The zero-order valence-electron chi connectivity index (χ0n) is 11.4. The molecular weight excluding hydrogens is 228 g/mol. The zero-order valence-corrected chi connectivity index (χ0v) is 11.4. The summed E-state index contributed by atoms with van der Waals surface area (Å²) in [5.74, 6) is 0.109. The Kier molecular flexibility index (Phi) is 4.01. The van der Waals surface area contributed by atoms with Crippen LogP contribution in [0.5, 0.6) is 0 Å². The highest BCUT2D eigenvalue weighted by Gasteiger charge is 2.20. The summed E-state index contributed by atoms with van der Waals surface area (Å²) in [7, 11) is 1.93. The van der Waals surface area contributed by atoms with E-state index in [-0.39, 0.29) is 11.9 Å². The minimum atomic E-state index is -0.0176. The first-order chi connectivity index (χ1) is 8.59. The van der Waals surface area contributed by atoms with Crippen LogP contribution in [0.1, 0.15) is 36.2 Å². The molecule has 1 aromatic heterocycles. The number of aromatic nitrogens is 2. The standard InChI is InChI=1S/C13H22N4O/c1-9-11(10(2)17(3)16-9)8-15-13(18)12-6-4-5-7-14-12/h12,14H,4-8H2,1-3H3,(H,15,18)/t12-/m1/s1. The first kappa shape index (κ1) is 13.1. The highest BCUT2D eigenvalue weighted by Crippen LogP contribution is 2.12. The van der Waals surface area contributed by atoms with Gasteiger partial charge >= 0.3 is 0 Å². The fourth-order valence-corrected chi connectivity index (χ4v) is 2.45. The first-order valence-electron chi connectivity index (χ1n) is 6.59. The smallest absolute Gasteiger partial charge is 0.237 e. The predicted molar refractivity (Wildman–Crippen MR) is 70.2 cm³/mol. The molecule has 1 saturated heterocycles. The Morgan fingerprint density at radius 2 is 2.28 bits per heavy atom. The third-order valence-corrected chi connectivity index (χ3v) is 3.73. The molecule has 1 atom stereocenters. The van der Waals surface area contributed by atoms with Crippen LogP contribution in [0, 0.1) is 13.8 Å². The van der Waals surface area contributed by atoms with Gasteiger partial charge in [-0.25, -0.2) is 0 Å². The molecule has 5 nitrogen and oxygen atoms in total. The van der Waals surface area contributed by atoms with E-state index in [1.165, 1.54) is 6.42 Å². The zero-order chi connectivity index (χ0) is 13.1. The van der Waals surface area contributed by atoms with Gasteiger partial charge in [-0.1, -0.05) is 6.42 Å². The quantitative estimate of drug-likeness (QED) is 0.834. The SMILES string of the molecule is Cc1nn(C)c(C)c1CNC(=O)[C@H]1CCCCN1. The number of rotatable bonds is 3. The number of nitrogens with one attached hydrogen (secondary N) is 2. The number of carbonyl (C=O) groups excluding carboxylic acids is 1. The number of hydrogen-bond donors (Lipinski definition) is 2. The van der Waals surface area contributed by atoms with E-state index >= 15 is 0 Å². The van der Waals surface area contributed by atoms with Crippen molar-refractivity contribution < 1.29 is 4.79 Å². The summed E-state index contributed by atoms with van der Waals surface area (Å²) in [5.41, 5.74) is 3.23. The molecule has 1 amide bonds. The van der Waals surface area contributed by atoms with Crippen LogP contribution in [0.3, 0.4) is 0 Å². The summed E-state index contributed by atoms with van der Waals surface area (Å²) < 4.78 is 1.86. The summed E-state index contributed by atoms with van der Waals surface area (Å²) in [6.45, 7) is 5.53. The van der Waals surface area contributed by atoms with Crippen LogP contribution in [0.25, 0.3) is 0 Å². The molecule has 1 aromatic rings. The van der Waals surface area contributed by atoms with Crippen molar-refractivity contribution >= 4 is 5.91 Å². The van der Waals surface area contributed by atoms with Gasteiger partial charge < -0.3 is 10.6 Å². The molecule has 1 aliphatic rings. The van der Waals surface area contributed by atoms with Crippen LogP contribution >= 0.6 is 0 Å². The van der Waals surface area contributed by atoms with E-state index in [0.29, 0.717) is 6.54 Å². The van der Waals surface area contributed by atoms with Gasteiger partial charge in [0.25, 0.3) is 0 Å². The van der Waals surface area contributed by atoms with Crippen molar-refractivity contribution in [1.82, 2.24) is 20.4 Å². The first-order valence-corrected chi connectivity index (χ1v) is 6.59. The monoisotopic (exact) mass is 250 g/mol. The second-order valence-corrected chi connectivity index (χ2v) is 4.99. The van der Waals surface area contributed by atoms with E-state index in [1.54, 1.807) is 0 Å². The summed E-state index contributed by atoms with van der Waals surface area (Å²) in [6.07, 6.45) is 3.25. The molecule has 0 unspecified atom stereocenters. The second-order valence-electron chi connectivity index (χ2n) is 4.99. The van der Waals surface area contributed by atoms with Gasteiger partial charge in [0, 0.05) is 24.8 Å². The number of carbonyl (C=O) groups is 1. The van der Waals surface area contributed by atoms with Crippen LogP contribution in [0.15, 0.2) is 0 Å². The lowest BCUT2D eigenvalue weighted by atomic mass is 10.0. The van der Waals surface area contributed by atoms with Gasteiger partial charge in [-0.15, -0.1) is 0 Å². The van der Waals surface area contributed by atoms with E-state index in [1.807, 2.05) is 25.6 Å². The molecule has 0 radical (unpaired) electrons. The van der Waals surface area contributed by atoms with Gasteiger partial charge in [0.15, 0.2) is 0 Å². The maximum absolute atomic E-state index is 12.0. The normalized spacial score (nSPS) is 19.8. The Balaban J connectivity index is 1.92. The molecule has 2 heterocycles. The third-order valence-electron chi connectivity index (χ3n) is 3.73. The maximum atomic E-state index is 12.0. The van der Waals surface area contributed by atoms with Crippen molar-refractivity contribution in [3.63, 3.8) is 0 Å². The Morgan fingerprint density at radius 1 is 1.50 bits per heavy atom. The molecule has 1 aliphatic heterocycles. The third kappa shape index (κ3) is 2.72. The van der Waals surface area contributed by atoms with Crippen molar-refractivity contribution in [3.05, 3.63) is 17.0 Å². The fourth-order valence-electron chi connectivity index (χ4n) is 2.45. The van der Waals surface area contributed by atoms with Crippen LogP contribution in [-0.4, -0.2) is 28.3 Å². The Bertz CT molecular complexity index is 432. The lowest BCUT2D eigenvalue weighted by Crippen LogP contribution is -2.46. The lowest BCUT2D eigenvalue weighted by molar-refractivity contribution is -0.123. The highest BCUT2D eigenvalue weighted by molar-refractivity contribution is 5.81. The van der Waals surface area contributed by atoms with Gasteiger partial charge in [0.2, 0.25) is 5.91 Å². The van der Waals surface area contributed by atoms with E-state index in [2.05, 4.69) is 15.7 Å². The number of piperidine rings is 1. The van der Waals surface area contributed by atoms with Crippen molar-refractivity contribution in [3.8, 4) is 0 Å². The number of hydrogen-bond acceptors (Lipinski definition) is 3. The lowest BCUT2D eigenvalue weighted by Gasteiger charge is -2.22. The van der Waals surface area contributed by atoms with E-state index in [0.717, 1.165) is 36.3 Å². The molecule has 0 saturated carbocycles. The number of amides is 1. The second kappa shape index (κ2) is 5.52. The van der Waals surface area contributed by atoms with Gasteiger partial charge in [-0.05, 0) is 33.2 Å². The minimum absolute atomic E-state index is 0.0176. The predicted octanol–water partition coefficient (Wildman–Crippen LogP) is 0.795. The molecule has 2 rings (SSSR count).